The molecular weight excluding hydrogens is 365 g/mol. The molecule has 0 radical (unpaired) electrons. The number of thiazole rings is 1. The summed E-state index contributed by atoms with van der Waals surface area (Å²) in [6.07, 6.45) is 2.59. The number of hydrogen-bond donors (Lipinski definition) is 0. The molecule has 0 aliphatic heterocycles. The molecule has 0 atom stereocenters. The highest BCUT2D eigenvalue weighted by atomic mass is 32.1. The Morgan fingerprint density at radius 2 is 2.04 bits per heavy atom. The topological polar surface area (TPSA) is 56.5 Å². The van der Waals surface area contributed by atoms with E-state index in [1.54, 1.807) is 18.2 Å². The van der Waals surface area contributed by atoms with Crippen LogP contribution in [0.5, 0.6) is 5.75 Å². The summed E-state index contributed by atoms with van der Waals surface area (Å²) in [7, 11) is 0. The number of nitrogens with zero attached hydrogens (tertiary/aromatic N) is 3. The van der Waals surface area contributed by atoms with Gasteiger partial charge in [0.15, 0.2) is 5.82 Å². The Labute approximate surface area is 158 Å². The summed E-state index contributed by atoms with van der Waals surface area (Å²) in [5, 5.41) is 4.32. The van der Waals surface area contributed by atoms with Gasteiger partial charge < -0.3 is 4.74 Å². The van der Waals surface area contributed by atoms with E-state index < -0.39 is 0 Å². The van der Waals surface area contributed by atoms with Gasteiger partial charge in [0, 0.05) is 5.56 Å². The lowest BCUT2D eigenvalue weighted by molar-refractivity contribution is 0.317. The maximum Gasteiger partial charge on any atom is 0.291 e. The van der Waals surface area contributed by atoms with Crippen LogP contribution in [0.1, 0.15) is 18.9 Å². The number of fused-ring (bicyclic) bond motifs is 1. The highest BCUT2D eigenvalue weighted by molar-refractivity contribution is 7.15. The van der Waals surface area contributed by atoms with Gasteiger partial charge in [-0.2, -0.15) is 9.50 Å². The molecule has 0 amide bonds. The Bertz CT molecular complexity index is 1200. The van der Waals surface area contributed by atoms with Crippen LogP contribution in [0.3, 0.4) is 0 Å². The van der Waals surface area contributed by atoms with Crippen LogP contribution in [0.4, 0.5) is 4.39 Å². The van der Waals surface area contributed by atoms with Crippen molar-refractivity contribution < 1.29 is 9.13 Å². The van der Waals surface area contributed by atoms with Gasteiger partial charge in [-0.1, -0.05) is 30.4 Å². The van der Waals surface area contributed by atoms with E-state index in [0.717, 1.165) is 17.7 Å². The summed E-state index contributed by atoms with van der Waals surface area (Å²) in [6, 6.07) is 13.6. The number of aromatic nitrogens is 3. The van der Waals surface area contributed by atoms with Gasteiger partial charge in [-0.3, -0.25) is 4.79 Å². The second-order valence-corrected chi connectivity index (χ2v) is 6.98. The third kappa shape index (κ3) is 3.59. The second kappa shape index (κ2) is 7.28. The van der Waals surface area contributed by atoms with Crippen LogP contribution in [0.15, 0.2) is 53.3 Å². The molecule has 0 N–H and O–H groups in total. The van der Waals surface area contributed by atoms with Crippen LogP contribution in [0.2, 0.25) is 0 Å². The van der Waals surface area contributed by atoms with Crippen LogP contribution >= 0.6 is 11.3 Å². The molecular formula is C20H16FN3O2S. The largest absolute Gasteiger partial charge is 0.494 e. The average Bonchev–Trinajstić information content (AvgIpc) is 3.20. The SMILES string of the molecule is CCCOc1ccc(-c2nc3s/c(=C/c4cccc(F)c4)c(=O)n3n2)cc1. The lowest BCUT2D eigenvalue weighted by Gasteiger charge is -2.04. The molecule has 0 unspecified atom stereocenters. The highest BCUT2D eigenvalue weighted by Crippen LogP contribution is 2.20. The Morgan fingerprint density at radius 1 is 1.22 bits per heavy atom. The zero-order valence-corrected chi connectivity index (χ0v) is 15.4. The smallest absolute Gasteiger partial charge is 0.291 e. The number of benzene rings is 2. The molecule has 0 aliphatic carbocycles. The van der Waals surface area contributed by atoms with E-state index in [1.165, 1.54) is 28.0 Å². The van der Waals surface area contributed by atoms with E-state index in [-0.39, 0.29) is 11.4 Å². The molecule has 7 heteroatoms. The van der Waals surface area contributed by atoms with Crippen molar-refractivity contribution in [1.82, 2.24) is 14.6 Å². The van der Waals surface area contributed by atoms with Gasteiger partial charge in [-0.05, 0) is 54.5 Å². The summed E-state index contributed by atoms with van der Waals surface area (Å²) in [5.41, 5.74) is 1.17. The predicted octanol–water partition coefficient (Wildman–Crippen LogP) is 3.29. The van der Waals surface area contributed by atoms with Gasteiger partial charge in [0.25, 0.3) is 5.56 Å². The van der Waals surface area contributed by atoms with Crippen LogP contribution in [-0.4, -0.2) is 21.2 Å². The maximum absolute atomic E-state index is 13.3. The van der Waals surface area contributed by atoms with Gasteiger partial charge in [0.1, 0.15) is 11.6 Å². The molecule has 136 valence electrons. The third-order valence-corrected chi connectivity index (χ3v) is 4.87. The summed E-state index contributed by atoms with van der Waals surface area (Å²) >= 11 is 1.23. The van der Waals surface area contributed by atoms with Gasteiger partial charge in [-0.15, -0.1) is 5.10 Å². The van der Waals surface area contributed by atoms with E-state index >= 15 is 0 Å². The molecule has 5 nitrogen and oxygen atoms in total. The van der Waals surface area contributed by atoms with Crippen molar-refractivity contribution in [1.29, 1.82) is 0 Å². The summed E-state index contributed by atoms with van der Waals surface area (Å²) in [6.45, 7) is 2.72. The average molecular weight is 381 g/mol. The van der Waals surface area contributed by atoms with E-state index in [1.807, 2.05) is 24.3 Å². The standard InChI is InChI=1S/C20H16FN3O2S/c1-2-10-26-16-8-6-14(7-9-16)18-22-20-24(23-18)19(25)17(27-20)12-13-4-3-5-15(21)11-13/h3-9,11-12H,2,10H2,1H3/b17-12+. The Kier molecular flexibility index (Phi) is 4.68. The number of ether oxygens (including phenoxy) is 1. The van der Waals surface area contributed by atoms with Gasteiger partial charge >= 0.3 is 0 Å². The van der Waals surface area contributed by atoms with Crippen LogP contribution in [0.25, 0.3) is 22.4 Å². The lowest BCUT2D eigenvalue weighted by atomic mass is 10.2. The van der Waals surface area contributed by atoms with Crippen LogP contribution < -0.4 is 14.8 Å². The first-order valence-electron chi connectivity index (χ1n) is 8.54. The zero-order valence-electron chi connectivity index (χ0n) is 14.6. The maximum atomic E-state index is 13.3. The summed E-state index contributed by atoms with van der Waals surface area (Å²) < 4.78 is 20.6. The number of halogens is 1. The number of hydrogen-bond acceptors (Lipinski definition) is 5. The highest BCUT2D eigenvalue weighted by Gasteiger charge is 2.12. The number of rotatable bonds is 5. The lowest BCUT2D eigenvalue weighted by Crippen LogP contribution is -2.23. The van der Waals surface area contributed by atoms with Crippen molar-refractivity contribution in [3.8, 4) is 17.1 Å². The molecule has 2 heterocycles. The molecule has 0 saturated heterocycles. The minimum Gasteiger partial charge on any atom is -0.494 e. The Morgan fingerprint density at radius 3 is 2.74 bits per heavy atom. The fourth-order valence-corrected chi connectivity index (χ4v) is 3.53. The predicted molar refractivity (Wildman–Crippen MR) is 104 cm³/mol. The minimum atomic E-state index is -0.343. The zero-order chi connectivity index (χ0) is 18.8. The Balaban J connectivity index is 1.67. The van der Waals surface area contributed by atoms with Crippen molar-refractivity contribution in [2.45, 2.75) is 13.3 Å². The fourth-order valence-electron chi connectivity index (χ4n) is 2.62. The van der Waals surface area contributed by atoms with Crippen molar-refractivity contribution in [2.24, 2.45) is 0 Å². The van der Waals surface area contributed by atoms with Crippen LogP contribution in [0, 0.1) is 5.82 Å². The molecule has 0 spiro atoms. The summed E-state index contributed by atoms with van der Waals surface area (Å²) in [4.78, 5) is 17.5. The first-order valence-corrected chi connectivity index (χ1v) is 9.36. The van der Waals surface area contributed by atoms with Gasteiger partial charge in [-0.25, -0.2) is 4.39 Å². The quantitative estimate of drug-likeness (QED) is 0.532. The molecule has 27 heavy (non-hydrogen) atoms. The third-order valence-electron chi connectivity index (χ3n) is 3.91. The van der Waals surface area contributed by atoms with Crippen molar-refractivity contribution in [3.63, 3.8) is 0 Å². The normalized spacial score (nSPS) is 12.0. The van der Waals surface area contributed by atoms with E-state index in [0.29, 0.717) is 27.5 Å². The molecule has 2 aromatic heterocycles. The fraction of sp³-hybridized carbons (Fsp3) is 0.150. The van der Waals surface area contributed by atoms with Crippen molar-refractivity contribution in [3.05, 3.63) is 74.8 Å². The van der Waals surface area contributed by atoms with E-state index in [4.69, 9.17) is 4.74 Å². The molecule has 2 aromatic carbocycles. The molecule has 0 aliphatic rings. The van der Waals surface area contributed by atoms with E-state index in [2.05, 4.69) is 17.0 Å². The molecule has 0 bridgehead atoms. The Hall–Kier alpha value is -3.06. The van der Waals surface area contributed by atoms with Gasteiger partial charge in [0.2, 0.25) is 4.96 Å². The first-order chi connectivity index (χ1) is 13.1. The second-order valence-electron chi connectivity index (χ2n) is 5.97. The molecule has 0 saturated carbocycles. The summed E-state index contributed by atoms with van der Waals surface area (Å²) in [5.74, 6) is 0.931. The van der Waals surface area contributed by atoms with Crippen molar-refractivity contribution in [2.75, 3.05) is 6.61 Å². The van der Waals surface area contributed by atoms with Crippen molar-refractivity contribution >= 4 is 22.4 Å². The minimum absolute atomic E-state index is 0.263. The molecule has 4 aromatic rings. The van der Waals surface area contributed by atoms with Gasteiger partial charge in [0.05, 0.1) is 11.1 Å². The molecule has 4 rings (SSSR count). The molecule has 0 fully saturated rings. The monoisotopic (exact) mass is 381 g/mol. The van der Waals surface area contributed by atoms with Crippen LogP contribution in [-0.2, 0) is 0 Å². The van der Waals surface area contributed by atoms with E-state index in [9.17, 15) is 9.18 Å². The first kappa shape index (κ1) is 17.4.